The second kappa shape index (κ2) is 11.8. The Morgan fingerprint density at radius 2 is 1.62 bits per heavy atom. The fourth-order valence-electron chi connectivity index (χ4n) is 3.64. The van der Waals surface area contributed by atoms with Gasteiger partial charge in [-0.1, -0.05) is 25.0 Å². The van der Waals surface area contributed by atoms with Crippen molar-refractivity contribution in [1.82, 2.24) is 9.21 Å². The van der Waals surface area contributed by atoms with E-state index in [-0.39, 0.29) is 23.3 Å². The first-order valence-electron chi connectivity index (χ1n) is 11.3. The van der Waals surface area contributed by atoms with Gasteiger partial charge in [-0.2, -0.15) is 4.31 Å². The van der Waals surface area contributed by atoms with Gasteiger partial charge >= 0.3 is 0 Å². The zero-order valence-corrected chi connectivity index (χ0v) is 20.4. The first kappa shape index (κ1) is 25.5. The number of hydrogen-bond donors (Lipinski definition) is 1. The molecular weight excluding hydrogens is 454 g/mol. The third-order valence-electron chi connectivity index (χ3n) is 5.63. The van der Waals surface area contributed by atoms with E-state index in [1.54, 1.807) is 66.0 Å². The molecule has 1 fully saturated rings. The van der Waals surface area contributed by atoms with E-state index in [4.69, 9.17) is 4.74 Å². The summed E-state index contributed by atoms with van der Waals surface area (Å²) < 4.78 is 32.4. The Morgan fingerprint density at radius 1 is 1.00 bits per heavy atom. The molecule has 0 saturated carbocycles. The van der Waals surface area contributed by atoms with Crippen LogP contribution in [0.4, 0.5) is 5.69 Å². The predicted octanol–water partition coefficient (Wildman–Crippen LogP) is 3.37. The molecule has 0 aliphatic carbocycles. The molecule has 0 unspecified atom stereocenters. The van der Waals surface area contributed by atoms with E-state index in [0.29, 0.717) is 30.1 Å². The summed E-state index contributed by atoms with van der Waals surface area (Å²) in [4.78, 5) is 26.2. The molecule has 0 spiro atoms. The molecule has 0 aromatic heterocycles. The van der Waals surface area contributed by atoms with Crippen LogP contribution in [0.3, 0.4) is 0 Å². The van der Waals surface area contributed by atoms with Crippen LogP contribution in [-0.2, 0) is 19.6 Å². The van der Waals surface area contributed by atoms with Gasteiger partial charge in [0.05, 0.1) is 18.6 Å². The molecular formula is C25H31N3O5S. The number of sulfonamides is 1. The number of methoxy groups -OCH3 is 1. The van der Waals surface area contributed by atoms with Crippen molar-refractivity contribution in [3.63, 3.8) is 0 Å². The van der Waals surface area contributed by atoms with E-state index in [2.05, 4.69) is 5.32 Å². The number of amides is 2. The summed E-state index contributed by atoms with van der Waals surface area (Å²) in [7, 11) is -0.405. The summed E-state index contributed by atoms with van der Waals surface area (Å²) >= 11 is 0. The maximum absolute atomic E-state index is 12.9. The fraction of sp³-hybridized carbons (Fsp3) is 0.360. The Morgan fingerprint density at radius 3 is 2.21 bits per heavy atom. The van der Waals surface area contributed by atoms with Crippen molar-refractivity contribution in [2.45, 2.75) is 30.6 Å². The minimum absolute atomic E-state index is 0.109. The van der Waals surface area contributed by atoms with Gasteiger partial charge in [0, 0.05) is 31.9 Å². The Bertz CT molecular complexity index is 1100. The monoisotopic (exact) mass is 485 g/mol. The smallest absolute Gasteiger partial charge is 0.246 e. The number of likely N-dealkylation sites (N-methyl/N-ethyl adjacent to an activating group) is 1. The Hall–Kier alpha value is -3.17. The van der Waals surface area contributed by atoms with Gasteiger partial charge in [0.25, 0.3) is 0 Å². The van der Waals surface area contributed by atoms with Crippen LogP contribution >= 0.6 is 0 Å². The number of benzene rings is 2. The fourth-order valence-corrected chi connectivity index (χ4v) is 5.16. The number of nitrogens with one attached hydrogen (secondary N) is 1. The molecule has 0 radical (unpaired) electrons. The zero-order valence-electron chi connectivity index (χ0n) is 19.6. The van der Waals surface area contributed by atoms with Gasteiger partial charge in [-0.25, -0.2) is 8.42 Å². The maximum atomic E-state index is 12.9. The van der Waals surface area contributed by atoms with E-state index in [1.165, 1.54) is 18.0 Å². The lowest BCUT2D eigenvalue weighted by molar-refractivity contribution is -0.129. The van der Waals surface area contributed by atoms with Gasteiger partial charge in [0.1, 0.15) is 5.75 Å². The highest BCUT2D eigenvalue weighted by molar-refractivity contribution is 7.89. The molecule has 2 aromatic carbocycles. The first-order valence-corrected chi connectivity index (χ1v) is 12.7. The highest BCUT2D eigenvalue weighted by atomic mass is 32.2. The van der Waals surface area contributed by atoms with Gasteiger partial charge in [-0.05, 0) is 60.9 Å². The molecule has 0 bridgehead atoms. The van der Waals surface area contributed by atoms with Gasteiger partial charge in [-0.15, -0.1) is 0 Å². The van der Waals surface area contributed by atoms with E-state index < -0.39 is 10.0 Å². The van der Waals surface area contributed by atoms with E-state index in [1.807, 2.05) is 0 Å². The van der Waals surface area contributed by atoms with Gasteiger partial charge in [0.15, 0.2) is 0 Å². The highest BCUT2D eigenvalue weighted by Crippen LogP contribution is 2.21. The molecule has 8 nitrogen and oxygen atoms in total. The normalized spacial score (nSPS) is 15.0. The second-order valence-electron chi connectivity index (χ2n) is 8.19. The summed E-state index contributed by atoms with van der Waals surface area (Å²) in [5.41, 5.74) is 1.30. The summed E-state index contributed by atoms with van der Waals surface area (Å²) in [6.07, 6.45) is 6.84. The quantitative estimate of drug-likeness (QED) is 0.579. The van der Waals surface area contributed by atoms with E-state index >= 15 is 0 Å². The molecule has 182 valence electrons. The van der Waals surface area contributed by atoms with Crippen molar-refractivity contribution in [1.29, 1.82) is 0 Å². The van der Waals surface area contributed by atoms with Crippen LogP contribution in [0.2, 0.25) is 0 Å². The van der Waals surface area contributed by atoms with E-state index in [9.17, 15) is 18.0 Å². The second-order valence-corrected chi connectivity index (χ2v) is 10.1. The molecule has 9 heteroatoms. The Labute approximate surface area is 201 Å². The summed E-state index contributed by atoms with van der Waals surface area (Å²) in [6.45, 7) is 0.996. The van der Waals surface area contributed by atoms with Crippen molar-refractivity contribution in [2.24, 2.45) is 0 Å². The van der Waals surface area contributed by atoms with Crippen molar-refractivity contribution >= 4 is 33.6 Å². The molecule has 2 aromatic rings. The Kier molecular flexibility index (Phi) is 8.84. The number of rotatable bonds is 8. The number of ether oxygens (including phenoxy) is 1. The molecule has 34 heavy (non-hydrogen) atoms. The molecule has 3 rings (SSSR count). The highest BCUT2D eigenvalue weighted by Gasteiger charge is 2.24. The summed E-state index contributed by atoms with van der Waals surface area (Å²) in [6, 6.07) is 13.4. The van der Waals surface area contributed by atoms with Crippen LogP contribution in [0.15, 0.2) is 59.5 Å². The third-order valence-corrected chi connectivity index (χ3v) is 7.54. The molecule has 2 amide bonds. The van der Waals surface area contributed by atoms with E-state index in [0.717, 1.165) is 25.7 Å². The van der Waals surface area contributed by atoms with Crippen LogP contribution in [-0.4, -0.2) is 63.2 Å². The van der Waals surface area contributed by atoms with Crippen molar-refractivity contribution < 1.29 is 22.7 Å². The minimum Gasteiger partial charge on any atom is -0.497 e. The average molecular weight is 486 g/mol. The molecule has 1 N–H and O–H groups in total. The van der Waals surface area contributed by atoms with Crippen LogP contribution in [0.5, 0.6) is 5.75 Å². The maximum Gasteiger partial charge on any atom is 0.246 e. The first-order chi connectivity index (χ1) is 16.3. The lowest BCUT2D eigenvalue weighted by Crippen LogP contribution is -2.33. The molecule has 0 atom stereocenters. The van der Waals surface area contributed by atoms with Crippen LogP contribution < -0.4 is 10.1 Å². The van der Waals surface area contributed by atoms with Crippen molar-refractivity contribution in [2.75, 3.05) is 39.1 Å². The lowest BCUT2D eigenvalue weighted by atomic mass is 10.2. The zero-order chi connectivity index (χ0) is 24.6. The number of carbonyl (C=O) groups excluding carboxylic acids is 2. The number of hydrogen-bond acceptors (Lipinski definition) is 5. The standard InChI is InChI=1S/C25H31N3O5S/c1-27(19-24(29)26-21-10-12-22(33-2)13-11-21)25(30)16-9-20-7-14-23(15-8-20)34(31,32)28-17-5-3-4-6-18-28/h7-16H,3-6,17-19H2,1-2H3,(H,26,29)/b16-9+. The van der Waals surface area contributed by atoms with Gasteiger partial charge < -0.3 is 15.0 Å². The topological polar surface area (TPSA) is 96.0 Å². The van der Waals surface area contributed by atoms with Crippen molar-refractivity contribution in [3.8, 4) is 5.75 Å². The Balaban J connectivity index is 1.54. The third kappa shape index (κ3) is 6.91. The number of anilines is 1. The molecule has 1 aliphatic heterocycles. The average Bonchev–Trinajstić information content (AvgIpc) is 3.13. The minimum atomic E-state index is -3.51. The predicted molar refractivity (Wildman–Crippen MR) is 132 cm³/mol. The van der Waals surface area contributed by atoms with Gasteiger partial charge in [0.2, 0.25) is 21.8 Å². The molecule has 1 saturated heterocycles. The molecule has 1 aliphatic rings. The molecule has 1 heterocycles. The van der Waals surface area contributed by atoms with Crippen LogP contribution in [0.25, 0.3) is 6.08 Å². The largest absolute Gasteiger partial charge is 0.497 e. The summed E-state index contributed by atoms with van der Waals surface area (Å²) in [5, 5.41) is 2.73. The van der Waals surface area contributed by atoms with Crippen LogP contribution in [0, 0.1) is 0 Å². The number of nitrogens with zero attached hydrogens (tertiary/aromatic N) is 2. The lowest BCUT2D eigenvalue weighted by Gasteiger charge is -2.19. The SMILES string of the molecule is COc1ccc(NC(=O)CN(C)C(=O)/C=C/c2ccc(S(=O)(=O)N3CCCCCC3)cc2)cc1. The van der Waals surface area contributed by atoms with Gasteiger partial charge in [-0.3, -0.25) is 9.59 Å². The van der Waals surface area contributed by atoms with Crippen LogP contribution in [0.1, 0.15) is 31.2 Å². The number of carbonyl (C=O) groups is 2. The van der Waals surface area contributed by atoms with Crippen molar-refractivity contribution in [3.05, 3.63) is 60.2 Å². The summed E-state index contributed by atoms with van der Waals surface area (Å²) in [5.74, 6) is 0.0200.